The molecule has 0 atom stereocenters. The summed E-state index contributed by atoms with van der Waals surface area (Å²) in [6.45, 7) is 2.18. The van der Waals surface area contributed by atoms with Crippen molar-refractivity contribution < 1.29 is 19.4 Å². The highest BCUT2D eigenvalue weighted by atomic mass is 16.5. The Morgan fingerprint density at radius 2 is 1.76 bits per heavy atom. The number of unbranched alkanes of at least 4 members (excludes halogenated alkanes) is 5. The van der Waals surface area contributed by atoms with Gasteiger partial charge in [-0.25, -0.2) is 9.59 Å². The lowest BCUT2D eigenvalue weighted by atomic mass is 9.98. The Morgan fingerprint density at radius 1 is 1.10 bits per heavy atom. The molecule has 1 N–H and O–H groups in total. The summed E-state index contributed by atoms with van der Waals surface area (Å²) in [5, 5.41) is 9.21. The number of rotatable bonds is 9. The lowest BCUT2D eigenvalue weighted by Gasteiger charge is -2.08. The fourth-order valence-electron chi connectivity index (χ4n) is 2.35. The summed E-state index contributed by atoms with van der Waals surface area (Å²) < 4.78 is 4.68. The highest BCUT2D eigenvalue weighted by Crippen LogP contribution is 2.17. The van der Waals surface area contributed by atoms with Gasteiger partial charge >= 0.3 is 11.9 Å². The molecule has 116 valence electrons. The zero-order valence-corrected chi connectivity index (χ0v) is 12.9. The Labute approximate surface area is 126 Å². The average molecular weight is 292 g/mol. The minimum Gasteiger partial charge on any atom is -0.478 e. The minimum absolute atomic E-state index is 0.274. The molecule has 0 aliphatic carbocycles. The number of carboxylic acid groups (broad SMARTS) is 1. The molecule has 0 aromatic heterocycles. The van der Waals surface area contributed by atoms with Gasteiger partial charge in [0.15, 0.2) is 0 Å². The van der Waals surface area contributed by atoms with E-state index in [4.69, 9.17) is 0 Å². The van der Waals surface area contributed by atoms with E-state index in [1.54, 1.807) is 6.07 Å². The second kappa shape index (κ2) is 9.16. The van der Waals surface area contributed by atoms with Crippen molar-refractivity contribution in [3.05, 3.63) is 34.9 Å². The number of hydrogen-bond acceptors (Lipinski definition) is 3. The molecule has 0 spiro atoms. The van der Waals surface area contributed by atoms with Gasteiger partial charge in [-0.2, -0.15) is 0 Å². The molecule has 21 heavy (non-hydrogen) atoms. The molecule has 0 saturated carbocycles. The molecule has 4 heteroatoms. The highest BCUT2D eigenvalue weighted by molar-refractivity contribution is 5.93. The largest absolute Gasteiger partial charge is 0.478 e. The molecule has 0 amide bonds. The number of carbonyl (C=O) groups excluding carboxylic acids is 1. The molecule has 1 rings (SSSR count). The van der Waals surface area contributed by atoms with Gasteiger partial charge < -0.3 is 9.84 Å². The monoisotopic (exact) mass is 292 g/mol. The first-order valence-corrected chi connectivity index (χ1v) is 7.54. The minimum atomic E-state index is -0.951. The van der Waals surface area contributed by atoms with Crippen LogP contribution in [-0.4, -0.2) is 24.2 Å². The molecule has 0 saturated heterocycles. The van der Waals surface area contributed by atoms with Crippen LogP contribution in [0, 0.1) is 0 Å². The van der Waals surface area contributed by atoms with Crippen LogP contribution in [0.3, 0.4) is 0 Å². The van der Waals surface area contributed by atoms with Crippen molar-refractivity contribution >= 4 is 11.9 Å². The number of aromatic carboxylic acids is 1. The van der Waals surface area contributed by atoms with Crippen molar-refractivity contribution in [2.75, 3.05) is 7.11 Å². The van der Waals surface area contributed by atoms with Crippen LogP contribution in [0.4, 0.5) is 0 Å². The third-order valence-corrected chi connectivity index (χ3v) is 3.56. The van der Waals surface area contributed by atoms with Crippen LogP contribution < -0.4 is 0 Å². The van der Waals surface area contributed by atoms with Crippen molar-refractivity contribution in [1.29, 1.82) is 0 Å². The topological polar surface area (TPSA) is 63.6 Å². The molecule has 0 radical (unpaired) electrons. The van der Waals surface area contributed by atoms with Crippen LogP contribution >= 0.6 is 0 Å². The Hall–Kier alpha value is -1.84. The van der Waals surface area contributed by atoms with Gasteiger partial charge in [0, 0.05) is 0 Å². The molecule has 1 aromatic rings. The van der Waals surface area contributed by atoms with Crippen molar-refractivity contribution in [1.82, 2.24) is 0 Å². The van der Waals surface area contributed by atoms with E-state index in [0.717, 1.165) is 12.8 Å². The number of carbonyl (C=O) groups is 2. The van der Waals surface area contributed by atoms with Crippen LogP contribution in [0.15, 0.2) is 18.2 Å². The van der Waals surface area contributed by atoms with Crippen molar-refractivity contribution in [2.24, 2.45) is 0 Å². The smallest absolute Gasteiger partial charge is 0.337 e. The Morgan fingerprint density at radius 3 is 2.38 bits per heavy atom. The fraction of sp³-hybridized carbons (Fsp3) is 0.529. The number of benzene rings is 1. The maximum absolute atomic E-state index is 11.5. The molecule has 0 bridgehead atoms. The summed E-state index contributed by atoms with van der Waals surface area (Å²) in [5.41, 5.74) is 1.39. The number of hydrogen-bond donors (Lipinski definition) is 1. The van der Waals surface area contributed by atoms with Crippen molar-refractivity contribution in [3.63, 3.8) is 0 Å². The number of esters is 1. The van der Waals surface area contributed by atoms with E-state index >= 15 is 0 Å². The van der Waals surface area contributed by atoms with E-state index < -0.39 is 11.9 Å². The summed E-state index contributed by atoms with van der Waals surface area (Å²) in [7, 11) is 1.32. The van der Waals surface area contributed by atoms with Gasteiger partial charge in [0.1, 0.15) is 0 Å². The number of aryl methyl sites for hydroxylation is 1. The van der Waals surface area contributed by atoms with Gasteiger partial charge in [-0.3, -0.25) is 0 Å². The van der Waals surface area contributed by atoms with Crippen LogP contribution in [0.1, 0.15) is 71.7 Å². The molecule has 0 unspecified atom stereocenters. The Kier molecular flexibility index (Phi) is 7.51. The SMILES string of the molecule is CCCCCCCCc1cc(C(=O)OC)ccc1C(=O)O. The predicted molar refractivity (Wildman–Crippen MR) is 81.8 cm³/mol. The molecule has 0 aliphatic heterocycles. The normalized spacial score (nSPS) is 10.4. The van der Waals surface area contributed by atoms with Crippen LogP contribution in [0.25, 0.3) is 0 Å². The van der Waals surface area contributed by atoms with E-state index in [0.29, 0.717) is 17.5 Å². The zero-order valence-electron chi connectivity index (χ0n) is 12.9. The lowest BCUT2D eigenvalue weighted by molar-refractivity contribution is 0.0598. The van der Waals surface area contributed by atoms with Gasteiger partial charge in [0.2, 0.25) is 0 Å². The first-order chi connectivity index (χ1) is 10.1. The van der Waals surface area contributed by atoms with Gasteiger partial charge in [-0.15, -0.1) is 0 Å². The molecular weight excluding hydrogens is 268 g/mol. The van der Waals surface area contributed by atoms with E-state index in [1.807, 2.05) is 0 Å². The zero-order chi connectivity index (χ0) is 15.7. The van der Waals surface area contributed by atoms with Gasteiger partial charge in [0.05, 0.1) is 18.2 Å². The lowest BCUT2D eigenvalue weighted by Crippen LogP contribution is -2.07. The molecular formula is C17H24O4. The predicted octanol–water partition coefficient (Wildman–Crippen LogP) is 4.07. The maximum atomic E-state index is 11.5. The van der Waals surface area contributed by atoms with Crippen LogP contribution in [0.5, 0.6) is 0 Å². The van der Waals surface area contributed by atoms with Gasteiger partial charge in [-0.05, 0) is 36.6 Å². The highest BCUT2D eigenvalue weighted by Gasteiger charge is 2.13. The summed E-state index contributed by atoms with van der Waals surface area (Å²) in [6, 6.07) is 4.63. The molecule has 0 heterocycles. The molecule has 0 fully saturated rings. The third kappa shape index (κ3) is 5.58. The van der Waals surface area contributed by atoms with Gasteiger partial charge in [-0.1, -0.05) is 39.0 Å². The quantitative estimate of drug-likeness (QED) is 0.550. The first-order valence-electron chi connectivity index (χ1n) is 7.54. The average Bonchev–Trinajstić information content (AvgIpc) is 2.49. The second-order valence-corrected chi connectivity index (χ2v) is 5.19. The molecule has 1 aromatic carbocycles. The van der Waals surface area contributed by atoms with E-state index in [1.165, 1.54) is 44.9 Å². The third-order valence-electron chi connectivity index (χ3n) is 3.56. The first kappa shape index (κ1) is 17.2. The van der Waals surface area contributed by atoms with Crippen LogP contribution in [-0.2, 0) is 11.2 Å². The Balaban J connectivity index is 2.68. The summed E-state index contributed by atoms with van der Waals surface area (Å²) >= 11 is 0. The molecule has 4 nitrogen and oxygen atoms in total. The molecule has 0 aliphatic rings. The summed E-state index contributed by atoms with van der Waals surface area (Å²) in [4.78, 5) is 22.8. The second-order valence-electron chi connectivity index (χ2n) is 5.19. The number of ether oxygens (including phenoxy) is 1. The van der Waals surface area contributed by atoms with E-state index in [2.05, 4.69) is 11.7 Å². The standard InChI is InChI=1S/C17H24O4/c1-3-4-5-6-7-8-9-13-12-14(17(20)21-2)10-11-15(13)16(18)19/h10-12H,3-9H2,1-2H3,(H,18,19). The Bertz CT molecular complexity index is 480. The van der Waals surface area contributed by atoms with E-state index in [9.17, 15) is 14.7 Å². The van der Waals surface area contributed by atoms with E-state index in [-0.39, 0.29) is 5.56 Å². The van der Waals surface area contributed by atoms with Crippen molar-refractivity contribution in [3.8, 4) is 0 Å². The summed E-state index contributed by atoms with van der Waals surface area (Å²) in [5.74, 6) is -1.39. The maximum Gasteiger partial charge on any atom is 0.337 e. The number of methoxy groups -OCH3 is 1. The van der Waals surface area contributed by atoms with Gasteiger partial charge in [0.25, 0.3) is 0 Å². The number of carboxylic acids is 1. The van der Waals surface area contributed by atoms with Crippen molar-refractivity contribution in [2.45, 2.75) is 51.9 Å². The van der Waals surface area contributed by atoms with Crippen LogP contribution in [0.2, 0.25) is 0 Å². The summed E-state index contributed by atoms with van der Waals surface area (Å²) in [6.07, 6.45) is 7.56. The fourth-order valence-corrected chi connectivity index (χ4v) is 2.35.